The lowest BCUT2D eigenvalue weighted by Crippen LogP contribution is -2.52. The number of ether oxygens (including phenoxy) is 3. The van der Waals surface area contributed by atoms with Crippen LogP contribution in [0.25, 0.3) is 0 Å². The monoisotopic (exact) mass is 434 g/mol. The summed E-state index contributed by atoms with van der Waals surface area (Å²) in [4.78, 5) is 32.9. The van der Waals surface area contributed by atoms with Crippen LogP contribution in [0.2, 0.25) is 5.02 Å². The lowest BCUT2D eigenvalue weighted by molar-refractivity contribution is -0.148. The lowest BCUT2D eigenvalue weighted by Gasteiger charge is -2.32. The second-order valence-electron chi connectivity index (χ2n) is 6.31. The summed E-state index contributed by atoms with van der Waals surface area (Å²) < 4.78 is 16.1. The standard InChI is InChI=1S/C19H17ClN2O5.CH2O2/c20-13-4-2-1-3-12(13)17-18(25-9-16(23)22-17)19(24)21-8-11-5-6-14-15(7-11)27-10-26-14;2-1-3/h1-7,17-18H,8-10H2,(H,21,24)(H,22,23);1H,(H,2,3)/t17-,18+;/m1./s1. The summed E-state index contributed by atoms with van der Waals surface area (Å²) >= 11 is 6.24. The predicted octanol–water partition coefficient (Wildman–Crippen LogP) is 1.64. The van der Waals surface area contributed by atoms with Crippen LogP contribution in [0, 0.1) is 0 Å². The molecule has 1 saturated heterocycles. The van der Waals surface area contributed by atoms with E-state index in [0.29, 0.717) is 28.6 Å². The fourth-order valence-electron chi connectivity index (χ4n) is 3.09. The van der Waals surface area contributed by atoms with Gasteiger partial charge in [-0.05, 0) is 29.3 Å². The molecular weight excluding hydrogens is 416 g/mol. The van der Waals surface area contributed by atoms with Crippen molar-refractivity contribution in [3.05, 3.63) is 58.6 Å². The van der Waals surface area contributed by atoms with Gasteiger partial charge in [0.1, 0.15) is 6.61 Å². The van der Waals surface area contributed by atoms with E-state index in [1.165, 1.54) is 0 Å². The minimum atomic E-state index is -0.878. The van der Waals surface area contributed by atoms with Gasteiger partial charge in [-0.15, -0.1) is 0 Å². The Hall–Kier alpha value is -3.30. The van der Waals surface area contributed by atoms with Gasteiger partial charge in [0, 0.05) is 11.6 Å². The Kier molecular flexibility index (Phi) is 7.10. The molecule has 0 bridgehead atoms. The Morgan fingerprint density at radius 1 is 1.23 bits per heavy atom. The molecule has 0 spiro atoms. The summed E-state index contributed by atoms with van der Waals surface area (Å²) in [6.45, 7) is 0.0574. The average molecular weight is 435 g/mol. The number of fused-ring (bicyclic) bond motifs is 1. The number of hydrogen-bond acceptors (Lipinski definition) is 6. The Morgan fingerprint density at radius 2 is 1.97 bits per heavy atom. The molecule has 2 aliphatic rings. The van der Waals surface area contributed by atoms with Gasteiger partial charge in [0.15, 0.2) is 17.6 Å². The van der Waals surface area contributed by atoms with Crippen LogP contribution in [0.1, 0.15) is 17.2 Å². The first-order chi connectivity index (χ1) is 14.5. The number of morpholine rings is 1. The molecule has 0 aliphatic carbocycles. The van der Waals surface area contributed by atoms with Crippen LogP contribution < -0.4 is 20.1 Å². The van der Waals surface area contributed by atoms with Crippen molar-refractivity contribution in [3.8, 4) is 11.5 Å². The van der Waals surface area contributed by atoms with Crippen LogP contribution >= 0.6 is 11.6 Å². The number of nitrogens with one attached hydrogen (secondary N) is 2. The van der Waals surface area contributed by atoms with Crippen molar-refractivity contribution >= 4 is 29.9 Å². The normalized spacial score (nSPS) is 19.2. The molecule has 0 radical (unpaired) electrons. The number of amides is 2. The van der Waals surface area contributed by atoms with Crippen LogP contribution in [0.3, 0.4) is 0 Å². The van der Waals surface area contributed by atoms with E-state index in [4.69, 9.17) is 35.7 Å². The predicted molar refractivity (Wildman–Crippen MR) is 105 cm³/mol. The van der Waals surface area contributed by atoms with Gasteiger partial charge in [-0.2, -0.15) is 0 Å². The quantitative estimate of drug-likeness (QED) is 0.625. The Labute approximate surface area is 176 Å². The van der Waals surface area contributed by atoms with Crippen molar-refractivity contribution in [2.24, 2.45) is 0 Å². The Bertz CT molecular complexity index is 937. The molecule has 10 heteroatoms. The van der Waals surface area contributed by atoms with Crippen LogP contribution in [-0.4, -0.2) is 42.9 Å². The molecule has 158 valence electrons. The second kappa shape index (κ2) is 9.95. The third-order valence-electron chi connectivity index (χ3n) is 4.42. The smallest absolute Gasteiger partial charge is 0.290 e. The van der Waals surface area contributed by atoms with Gasteiger partial charge in [0.25, 0.3) is 12.4 Å². The van der Waals surface area contributed by atoms with Gasteiger partial charge in [-0.1, -0.05) is 35.9 Å². The zero-order valence-corrected chi connectivity index (χ0v) is 16.4. The summed E-state index contributed by atoms with van der Waals surface area (Å²) in [5.41, 5.74) is 1.50. The highest BCUT2D eigenvalue weighted by Crippen LogP contribution is 2.32. The molecule has 2 aromatic carbocycles. The van der Waals surface area contributed by atoms with E-state index in [9.17, 15) is 9.59 Å². The first-order valence-corrected chi connectivity index (χ1v) is 9.30. The van der Waals surface area contributed by atoms with Crippen LogP contribution in [-0.2, 0) is 25.7 Å². The van der Waals surface area contributed by atoms with Gasteiger partial charge < -0.3 is 30.0 Å². The van der Waals surface area contributed by atoms with Crippen LogP contribution in [0.5, 0.6) is 11.5 Å². The fourth-order valence-corrected chi connectivity index (χ4v) is 3.34. The lowest BCUT2D eigenvalue weighted by atomic mass is 9.99. The van der Waals surface area contributed by atoms with Gasteiger partial charge in [-0.25, -0.2) is 0 Å². The maximum absolute atomic E-state index is 12.7. The largest absolute Gasteiger partial charge is 0.483 e. The summed E-state index contributed by atoms with van der Waals surface area (Å²) in [7, 11) is 0. The molecule has 9 nitrogen and oxygen atoms in total. The molecule has 30 heavy (non-hydrogen) atoms. The van der Waals surface area contributed by atoms with E-state index >= 15 is 0 Å². The molecule has 0 unspecified atom stereocenters. The van der Waals surface area contributed by atoms with Gasteiger partial charge in [0.05, 0.1) is 6.04 Å². The Morgan fingerprint density at radius 3 is 2.73 bits per heavy atom. The van der Waals surface area contributed by atoms with Crippen molar-refractivity contribution in [1.82, 2.24) is 10.6 Å². The third-order valence-corrected chi connectivity index (χ3v) is 4.76. The third kappa shape index (κ3) is 5.00. The second-order valence-corrected chi connectivity index (χ2v) is 6.72. The summed E-state index contributed by atoms with van der Waals surface area (Å²) in [6, 6.07) is 11.9. The zero-order valence-electron chi connectivity index (χ0n) is 15.7. The first-order valence-electron chi connectivity index (χ1n) is 8.93. The summed E-state index contributed by atoms with van der Waals surface area (Å²) in [5, 5.41) is 13.0. The van der Waals surface area contributed by atoms with E-state index in [-0.39, 0.29) is 31.7 Å². The van der Waals surface area contributed by atoms with E-state index < -0.39 is 12.1 Å². The highest BCUT2D eigenvalue weighted by Gasteiger charge is 2.36. The van der Waals surface area contributed by atoms with Gasteiger partial charge in [0.2, 0.25) is 12.7 Å². The minimum absolute atomic E-state index is 0.178. The van der Waals surface area contributed by atoms with Crippen LogP contribution in [0.15, 0.2) is 42.5 Å². The highest BCUT2D eigenvalue weighted by atomic mass is 35.5. The number of carboxylic acid groups (broad SMARTS) is 1. The maximum atomic E-state index is 12.7. The number of rotatable bonds is 4. The van der Waals surface area contributed by atoms with E-state index in [0.717, 1.165) is 5.56 Å². The number of carbonyl (C=O) groups excluding carboxylic acids is 2. The maximum Gasteiger partial charge on any atom is 0.290 e. The number of carbonyl (C=O) groups is 3. The van der Waals surface area contributed by atoms with E-state index in [1.807, 2.05) is 12.1 Å². The summed E-state index contributed by atoms with van der Waals surface area (Å²) in [5.74, 6) is 0.705. The molecule has 4 rings (SSSR count). The van der Waals surface area contributed by atoms with Crippen molar-refractivity contribution in [2.75, 3.05) is 13.4 Å². The van der Waals surface area contributed by atoms with E-state index in [2.05, 4.69) is 10.6 Å². The fraction of sp³-hybridized carbons (Fsp3) is 0.250. The first kappa shape index (κ1) is 21.4. The van der Waals surface area contributed by atoms with Gasteiger partial charge in [-0.3, -0.25) is 14.4 Å². The molecule has 2 amide bonds. The molecule has 3 N–H and O–H groups in total. The topological polar surface area (TPSA) is 123 Å². The minimum Gasteiger partial charge on any atom is -0.483 e. The molecule has 2 aliphatic heterocycles. The Balaban J connectivity index is 0.000000806. The number of hydrogen-bond donors (Lipinski definition) is 3. The highest BCUT2D eigenvalue weighted by molar-refractivity contribution is 6.31. The summed E-state index contributed by atoms with van der Waals surface area (Å²) in [6.07, 6.45) is -0.878. The molecule has 1 fully saturated rings. The van der Waals surface area contributed by atoms with Crippen LogP contribution in [0.4, 0.5) is 0 Å². The molecule has 2 aromatic rings. The molecule has 0 saturated carbocycles. The van der Waals surface area contributed by atoms with Gasteiger partial charge >= 0.3 is 0 Å². The van der Waals surface area contributed by atoms with Crippen molar-refractivity contribution in [2.45, 2.75) is 18.7 Å². The molecule has 2 atom stereocenters. The van der Waals surface area contributed by atoms with E-state index in [1.54, 1.807) is 30.3 Å². The average Bonchev–Trinajstić information content (AvgIpc) is 3.21. The number of halogens is 1. The molecular formula is C20H19ClN2O7. The zero-order chi connectivity index (χ0) is 21.5. The van der Waals surface area contributed by atoms with Crippen molar-refractivity contribution in [1.29, 1.82) is 0 Å². The SMILES string of the molecule is O=C1CO[C@H](C(=O)NCc2ccc3c(c2)OCO3)[C@@H](c2ccccc2Cl)N1.O=CO. The number of benzene rings is 2. The van der Waals surface area contributed by atoms with Crippen molar-refractivity contribution < 1.29 is 33.7 Å². The molecule has 0 aromatic heterocycles. The van der Waals surface area contributed by atoms with Crippen molar-refractivity contribution in [3.63, 3.8) is 0 Å². The molecule has 2 heterocycles.